The number of nitrogens with two attached hydrogens (primary N) is 1. The second kappa shape index (κ2) is 6.58. The van der Waals surface area contributed by atoms with Crippen LogP contribution in [0.3, 0.4) is 0 Å². The Labute approximate surface area is 153 Å². The second-order valence-corrected chi connectivity index (χ2v) is 6.58. The van der Waals surface area contributed by atoms with Crippen molar-refractivity contribution in [3.63, 3.8) is 0 Å². The highest BCUT2D eigenvalue weighted by Crippen LogP contribution is 2.40. The van der Waals surface area contributed by atoms with Crippen molar-refractivity contribution < 1.29 is 0 Å². The fourth-order valence-electron chi connectivity index (χ4n) is 2.31. The topological polar surface area (TPSA) is 38.9 Å². The summed E-state index contributed by atoms with van der Waals surface area (Å²) in [6.07, 6.45) is 3.30. The molecular formula is C17H10Cl4N2. The first-order chi connectivity index (χ1) is 11.0. The Morgan fingerprint density at radius 1 is 0.652 bits per heavy atom. The molecule has 0 aliphatic heterocycles. The van der Waals surface area contributed by atoms with E-state index in [1.54, 1.807) is 48.8 Å². The molecule has 3 aromatic rings. The van der Waals surface area contributed by atoms with Crippen LogP contribution in [0, 0.1) is 0 Å². The van der Waals surface area contributed by atoms with Crippen LogP contribution in [-0.4, -0.2) is 4.98 Å². The number of pyridine rings is 1. The van der Waals surface area contributed by atoms with Gasteiger partial charge in [0.05, 0.1) is 5.69 Å². The molecule has 6 heteroatoms. The molecule has 0 aliphatic rings. The van der Waals surface area contributed by atoms with E-state index in [2.05, 4.69) is 4.98 Å². The maximum absolute atomic E-state index is 6.34. The number of benzene rings is 2. The molecule has 0 aliphatic carbocycles. The molecule has 0 saturated carbocycles. The summed E-state index contributed by atoms with van der Waals surface area (Å²) in [5, 5.41) is 2.21. The van der Waals surface area contributed by atoms with Crippen molar-refractivity contribution in [3.05, 3.63) is 68.9 Å². The molecule has 0 bridgehead atoms. The van der Waals surface area contributed by atoms with Gasteiger partial charge in [-0.3, -0.25) is 4.98 Å². The van der Waals surface area contributed by atoms with Gasteiger partial charge in [0.25, 0.3) is 0 Å². The maximum Gasteiger partial charge on any atom is 0.0505 e. The largest absolute Gasteiger partial charge is 0.398 e. The molecule has 0 saturated heterocycles. The van der Waals surface area contributed by atoms with Gasteiger partial charge in [-0.25, -0.2) is 0 Å². The first-order valence-corrected chi connectivity index (χ1v) is 8.13. The van der Waals surface area contributed by atoms with Crippen molar-refractivity contribution in [3.8, 4) is 22.3 Å². The van der Waals surface area contributed by atoms with E-state index in [-0.39, 0.29) is 0 Å². The average Bonchev–Trinajstić information content (AvgIpc) is 2.53. The lowest BCUT2D eigenvalue weighted by Crippen LogP contribution is -1.96. The van der Waals surface area contributed by atoms with Gasteiger partial charge in [0.1, 0.15) is 0 Å². The second-order valence-electron chi connectivity index (χ2n) is 4.90. The summed E-state index contributed by atoms with van der Waals surface area (Å²) < 4.78 is 0. The van der Waals surface area contributed by atoms with Gasteiger partial charge in [0.15, 0.2) is 0 Å². The van der Waals surface area contributed by atoms with Crippen LogP contribution >= 0.6 is 46.4 Å². The number of hydrogen-bond acceptors (Lipinski definition) is 2. The molecule has 0 spiro atoms. The number of nitrogens with zero attached hydrogens (tertiary/aromatic N) is 1. The molecule has 2 aromatic carbocycles. The van der Waals surface area contributed by atoms with Gasteiger partial charge in [0, 0.05) is 54.7 Å². The number of halogens is 4. The smallest absolute Gasteiger partial charge is 0.0505 e. The predicted molar refractivity (Wildman–Crippen MR) is 99.6 cm³/mol. The van der Waals surface area contributed by atoms with E-state index >= 15 is 0 Å². The van der Waals surface area contributed by atoms with Gasteiger partial charge in [0.2, 0.25) is 0 Å². The maximum atomic E-state index is 6.34. The number of nitrogen functional groups attached to an aromatic ring is 1. The molecule has 0 unspecified atom stereocenters. The molecule has 2 nitrogen and oxygen atoms in total. The molecule has 1 heterocycles. The summed E-state index contributed by atoms with van der Waals surface area (Å²) in [5.74, 6) is 0. The highest BCUT2D eigenvalue weighted by Gasteiger charge is 2.15. The minimum absolute atomic E-state index is 0.508. The van der Waals surface area contributed by atoms with Crippen molar-refractivity contribution in [1.29, 1.82) is 0 Å². The van der Waals surface area contributed by atoms with Crippen LogP contribution in [-0.2, 0) is 0 Å². The van der Waals surface area contributed by atoms with E-state index in [1.165, 1.54) is 0 Å². The Bertz CT molecular complexity index is 824. The Morgan fingerprint density at radius 3 is 1.52 bits per heavy atom. The molecule has 23 heavy (non-hydrogen) atoms. The lowest BCUT2D eigenvalue weighted by molar-refractivity contribution is 1.33. The molecule has 0 radical (unpaired) electrons. The molecule has 0 amide bonds. The normalized spacial score (nSPS) is 10.8. The van der Waals surface area contributed by atoms with Crippen LogP contribution in [0.2, 0.25) is 20.1 Å². The summed E-state index contributed by atoms with van der Waals surface area (Å²) in [4.78, 5) is 4.26. The van der Waals surface area contributed by atoms with Crippen LogP contribution < -0.4 is 5.73 Å². The van der Waals surface area contributed by atoms with Crippen LogP contribution in [0.4, 0.5) is 5.69 Å². The highest BCUT2D eigenvalue weighted by molar-refractivity contribution is 6.36. The van der Waals surface area contributed by atoms with Crippen LogP contribution in [0.25, 0.3) is 22.3 Å². The molecule has 116 valence electrons. The highest BCUT2D eigenvalue weighted by atomic mass is 35.5. The fraction of sp³-hybridized carbons (Fsp3) is 0. The molecular weight excluding hydrogens is 374 g/mol. The van der Waals surface area contributed by atoms with E-state index in [9.17, 15) is 0 Å². The van der Waals surface area contributed by atoms with E-state index < -0.39 is 0 Å². The van der Waals surface area contributed by atoms with Gasteiger partial charge < -0.3 is 5.73 Å². The van der Waals surface area contributed by atoms with Crippen molar-refractivity contribution in [1.82, 2.24) is 4.98 Å². The van der Waals surface area contributed by atoms with Gasteiger partial charge >= 0.3 is 0 Å². The summed E-state index contributed by atoms with van der Waals surface area (Å²) in [5.41, 5.74) is 9.65. The first kappa shape index (κ1) is 16.4. The lowest BCUT2D eigenvalue weighted by atomic mass is 9.99. The number of anilines is 1. The molecule has 3 rings (SSSR count). The van der Waals surface area contributed by atoms with Gasteiger partial charge in [-0.05, 0) is 36.4 Å². The number of hydrogen-bond donors (Lipinski definition) is 1. The zero-order valence-corrected chi connectivity index (χ0v) is 14.7. The molecule has 2 N–H and O–H groups in total. The zero-order chi connectivity index (χ0) is 16.6. The van der Waals surface area contributed by atoms with Gasteiger partial charge in [-0.15, -0.1) is 0 Å². The molecule has 0 fully saturated rings. The van der Waals surface area contributed by atoms with Crippen molar-refractivity contribution in [2.45, 2.75) is 0 Å². The average molecular weight is 384 g/mol. The standard InChI is InChI=1S/C17H10Cl4N2/c18-9-1-3-15(20)11(5-9)13-7-23-8-14(17(13)22)12-6-10(19)2-4-16(12)21/h1-8H,(H2,22,23). The Balaban J connectivity index is 2.23. The van der Waals surface area contributed by atoms with Crippen molar-refractivity contribution >= 4 is 52.1 Å². The van der Waals surface area contributed by atoms with Crippen molar-refractivity contribution in [2.75, 3.05) is 5.73 Å². The fourth-order valence-corrected chi connectivity index (χ4v) is 3.09. The summed E-state index contributed by atoms with van der Waals surface area (Å²) >= 11 is 24.7. The monoisotopic (exact) mass is 382 g/mol. The van der Waals surface area contributed by atoms with E-state index in [0.29, 0.717) is 48.0 Å². The Hall–Kier alpha value is -1.45. The van der Waals surface area contributed by atoms with Crippen LogP contribution in [0.1, 0.15) is 0 Å². The Morgan fingerprint density at radius 2 is 1.09 bits per heavy atom. The quantitative estimate of drug-likeness (QED) is 0.540. The minimum Gasteiger partial charge on any atom is -0.398 e. The van der Waals surface area contributed by atoms with Gasteiger partial charge in [-0.2, -0.15) is 0 Å². The van der Waals surface area contributed by atoms with Crippen LogP contribution in [0.15, 0.2) is 48.8 Å². The Kier molecular flexibility index (Phi) is 4.69. The third-order valence-corrected chi connectivity index (χ3v) is 4.55. The molecule has 0 atom stereocenters. The predicted octanol–water partition coefficient (Wildman–Crippen LogP) is 6.61. The van der Waals surface area contributed by atoms with E-state index in [4.69, 9.17) is 52.1 Å². The summed E-state index contributed by atoms with van der Waals surface area (Å²) in [7, 11) is 0. The summed E-state index contributed by atoms with van der Waals surface area (Å²) in [6.45, 7) is 0. The number of rotatable bonds is 2. The molecule has 1 aromatic heterocycles. The van der Waals surface area contributed by atoms with Gasteiger partial charge in [-0.1, -0.05) is 46.4 Å². The third-order valence-electron chi connectivity index (χ3n) is 3.42. The SMILES string of the molecule is Nc1c(-c2cc(Cl)ccc2Cl)cncc1-c1cc(Cl)ccc1Cl. The van der Waals surface area contributed by atoms with Crippen molar-refractivity contribution in [2.24, 2.45) is 0 Å². The first-order valence-electron chi connectivity index (χ1n) is 6.61. The van der Waals surface area contributed by atoms with Crippen LogP contribution in [0.5, 0.6) is 0 Å². The lowest BCUT2D eigenvalue weighted by Gasteiger charge is -2.13. The zero-order valence-electron chi connectivity index (χ0n) is 11.7. The minimum atomic E-state index is 0.508. The third kappa shape index (κ3) is 3.26. The number of aromatic nitrogens is 1. The van der Waals surface area contributed by atoms with E-state index in [1.807, 2.05) is 0 Å². The summed E-state index contributed by atoms with van der Waals surface area (Å²) in [6, 6.07) is 10.4. The van der Waals surface area contributed by atoms with E-state index in [0.717, 1.165) is 0 Å².